The van der Waals surface area contributed by atoms with Crippen molar-refractivity contribution in [3.05, 3.63) is 40.7 Å². The molecule has 4 rings (SSSR count). The molecule has 0 atom stereocenters. The molecule has 0 amide bonds. The molecule has 152 valence electrons. The number of halogens is 3. The summed E-state index contributed by atoms with van der Waals surface area (Å²) in [5, 5.41) is 1.96. The van der Waals surface area contributed by atoms with E-state index >= 15 is 0 Å². The van der Waals surface area contributed by atoms with Gasteiger partial charge in [-0.05, 0) is 26.0 Å². The monoisotopic (exact) mass is 419 g/mol. The number of pyridine rings is 2. The van der Waals surface area contributed by atoms with Crippen molar-refractivity contribution in [2.45, 2.75) is 19.8 Å². The van der Waals surface area contributed by atoms with Gasteiger partial charge in [-0.3, -0.25) is 4.98 Å². The molecule has 8 heteroatoms. The summed E-state index contributed by atoms with van der Waals surface area (Å²) < 4.78 is 38.0. The fraction of sp³-hybridized carbons (Fsp3) is 0.333. The number of aryl methyl sites for hydroxylation is 1. The minimum Gasteiger partial charge on any atom is -0.496 e. The molecule has 3 heterocycles. The molecule has 1 aliphatic heterocycles. The zero-order chi connectivity index (χ0) is 20.9. The molecule has 1 aromatic carbocycles. The van der Waals surface area contributed by atoms with Crippen molar-refractivity contribution in [3.8, 4) is 22.8 Å². The van der Waals surface area contributed by atoms with E-state index in [1.54, 1.807) is 24.3 Å². The Balaban J connectivity index is 1.98. The predicted octanol–water partition coefficient (Wildman–Crippen LogP) is 5.04. The van der Waals surface area contributed by atoms with Gasteiger partial charge in [0.15, 0.2) is 0 Å². The first-order chi connectivity index (χ1) is 13.7. The molecular weight excluding hydrogens is 400 g/mol. The zero-order valence-electron chi connectivity index (χ0n) is 16.5. The molecule has 1 fully saturated rings. The summed E-state index contributed by atoms with van der Waals surface area (Å²) in [7, 11) is 3.08. The number of alkyl halides is 2. The molecule has 0 aliphatic carbocycles. The van der Waals surface area contributed by atoms with Crippen molar-refractivity contribution < 1.29 is 18.3 Å². The molecule has 0 spiro atoms. The van der Waals surface area contributed by atoms with E-state index in [2.05, 4.69) is 4.98 Å². The lowest BCUT2D eigenvalue weighted by Crippen LogP contribution is -2.56. The number of fused-ring (bicyclic) bond motifs is 1. The van der Waals surface area contributed by atoms with Gasteiger partial charge in [0, 0.05) is 39.9 Å². The molecule has 2 aromatic heterocycles. The van der Waals surface area contributed by atoms with Crippen molar-refractivity contribution in [1.82, 2.24) is 9.97 Å². The van der Waals surface area contributed by atoms with Crippen LogP contribution in [0.2, 0.25) is 5.02 Å². The highest BCUT2D eigenvalue weighted by molar-refractivity contribution is 6.35. The maximum Gasteiger partial charge on any atom is 0.282 e. The topological polar surface area (TPSA) is 47.5 Å². The summed E-state index contributed by atoms with van der Waals surface area (Å²) >= 11 is 6.61. The highest BCUT2D eigenvalue weighted by Crippen LogP contribution is 2.44. The number of hydrogen-bond acceptors (Lipinski definition) is 5. The molecule has 0 N–H and O–H groups in total. The van der Waals surface area contributed by atoms with Crippen LogP contribution in [0.3, 0.4) is 0 Å². The van der Waals surface area contributed by atoms with Gasteiger partial charge in [-0.25, -0.2) is 13.8 Å². The van der Waals surface area contributed by atoms with Crippen LogP contribution >= 0.6 is 11.6 Å². The van der Waals surface area contributed by atoms with Crippen LogP contribution in [0.5, 0.6) is 11.5 Å². The first-order valence-electron chi connectivity index (χ1n) is 9.05. The van der Waals surface area contributed by atoms with Gasteiger partial charge in [-0.15, -0.1) is 0 Å². The normalized spacial score (nSPS) is 15.3. The molecule has 0 saturated carbocycles. The van der Waals surface area contributed by atoms with Crippen molar-refractivity contribution in [3.63, 3.8) is 0 Å². The molecule has 3 aromatic rings. The Morgan fingerprint density at radius 2 is 1.76 bits per heavy atom. The Kier molecular flexibility index (Phi) is 4.73. The van der Waals surface area contributed by atoms with E-state index in [4.69, 9.17) is 26.1 Å². The SMILES string of the molecule is COc1cc(OC)c(Cl)c(-c2cc3cnc(C)cc3c(N3CC(F)(F)C3)n2)c1C. The molecule has 0 unspecified atom stereocenters. The van der Waals surface area contributed by atoms with Crippen LogP contribution in [0.1, 0.15) is 11.3 Å². The Labute approximate surface area is 172 Å². The number of benzene rings is 1. The number of anilines is 1. The number of methoxy groups -OCH3 is 2. The third kappa shape index (κ3) is 3.33. The highest BCUT2D eigenvalue weighted by atomic mass is 35.5. The number of aromatic nitrogens is 2. The first kappa shape index (κ1) is 19.6. The number of hydrogen-bond donors (Lipinski definition) is 0. The van der Waals surface area contributed by atoms with Crippen LogP contribution in [0.15, 0.2) is 24.4 Å². The predicted molar refractivity (Wildman–Crippen MR) is 110 cm³/mol. The Morgan fingerprint density at radius 1 is 1.07 bits per heavy atom. The maximum absolute atomic E-state index is 13.6. The average Bonchev–Trinajstić information content (AvgIpc) is 2.66. The van der Waals surface area contributed by atoms with Gasteiger partial charge in [-0.1, -0.05) is 11.6 Å². The van der Waals surface area contributed by atoms with Gasteiger partial charge in [0.25, 0.3) is 5.92 Å². The van der Waals surface area contributed by atoms with Crippen molar-refractivity contribution >= 4 is 28.2 Å². The van der Waals surface area contributed by atoms with Crippen LogP contribution in [-0.2, 0) is 0 Å². The van der Waals surface area contributed by atoms with E-state index < -0.39 is 5.92 Å². The zero-order valence-corrected chi connectivity index (χ0v) is 17.3. The summed E-state index contributed by atoms with van der Waals surface area (Å²) in [6, 6.07) is 5.43. The smallest absolute Gasteiger partial charge is 0.282 e. The number of nitrogens with zero attached hydrogens (tertiary/aromatic N) is 3. The number of ether oxygens (including phenoxy) is 2. The standard InChI is InChI=1S/C21H20ClF2N3O2/c1-11-5-14-13(8-25-11)6-15(26-20(14)27-9-21(23,24)10-27)18-12(2)16(28-3)7-17(29-4)19(18)22/h5-8H,9-10H2,1-4H3. The van der Waals surface area contributed by atoms with E-state index in [9.17, 15) is 8.78 Å². The highest BCUT2D eigenvalue weighted by Gasteiger charge is 2.45. The van der Waals surface area contributed by atoms with Crippen molar-refractivity contribution in [1.29, 1.82) is 0 Å². The molecule has 1 saturated heterocycles. The van der Waals surface area contributed by atoms with Crippen LogP contribution in [-0.4, -0.2) is 43.2 Å². The van der Waals surface area contributed by atoms with Gasteiger partial charge < -0.3 is 14.4 Å². The van der Waals surface area contributed by atoms with E-state index in [0.717, 1.165) is 22.0 Å². The van der Waals surface area contributed by atoms with Crippen molar-refractivity contribution in [2.24, 2.45) is 0 Å². The van der Waals surface area contributed by atoms with Crippen LogP contribution in [0, 0.1) is 13.8 Å². The summed E-state index contributed by atoms with van der Waals surface area (Å²) in [6.45, 7) is 2.99. The maximum atomic E-state index is 13.6. The lowest BCUT2D eigenvalue weighted by Gasteiger charge is -2.40. The molecule has 0 radical (unpaired) electrons. The Hall–Kier alpha value is -2.67. The van der Waals surface area contributed by atoms with Gasteiger partial charge in [0.1, 0.15) is 17.3 Å². The largest absolute Gasteiger partial charge is 0.496 e. The molecular formula is C21H20ClF2N3O2. The second kappa shape index (κ2) is 6.99. The summed E-state index contributed by atoms with van der Waals surface area (Å²) in [5.41, 5.74) is 2.76. The second-order valence-corrected chi connectivity index (χ2v) is 7.56. The van der Waals surface area contributed by atoms with Gasteiger partial charge >= 0.3 is 0 Å². The number of rotatable bonds is 4. The van der Waals surface area contributed by atoms with E-state index in [0.29, 0.717) is 33.6 Å². The third-order valence-electron chi connectivity index (χ3n) is 5.11. The summed E-state index contributed by atoms with van der Waals surface area (Å²) in [4.78, 5) is 10.7. The van der Waals surface area contributed by atoms with E-state index in [1.165, 1.54) is 7.11 Å². The van der Waals surface area contributed by atoms with Crippen molar-refractivity contribution in [2.75, 3.05) is 32.2 Å². The van der Waals surface area contributed by atoms with Crippen LogP contribution in [0.4, 0.5) is 14.6 Å². The second-order valence-electron chi connectivity index (χ2n) is 7.19. The van der Waals surface area contributed by atoms with E-state index in [1.807, 2.05) is 26.0 Å². The van der Waals surface area contributed by atoms with Gasteiger partial charge in [0.2, 0.25) is 0 Å². The lowest BCUT2D eigenvalue weighted by molar-refractivity contribution is -0.0265. The summed E-state index contributed by atoms with van der Waals surface area (Å²) in [5.74, 6) is -1.17. The Morgan fingerprint density at radius 3 is 2.38 bits per heavy atom. The van der Waals surface area contributed by atoms with Crippen LogP contribution < -0.4 is 14.4 Å². The lowest BCUT2D eigenvalue weighted by atomic mass is 10.0. The third-order valence-corrected chi connectivity index (χ3v) is 5.49. The molecule has 0 bridgehead atoms. The Bertz CT molecular complexity index is 1080. The van der Waals surface area contributed by atoms with E-state index in [-0.39, 0.29) is 13.1 Å². The quantitative estimate of drug-likeness (QED) is 0.593. The minimum atomic E-state index is -2.71. The first-order valence-corrected chi connectivity index (χ1v) is 9.43. The van der Waals surface area contributed by atoms with Crippen LogP contribution in [0.25, 0.3) is 22.0 Å². The molecule has 29 heavy (non-hydrogen) atoms. The van der Waals surface area contributed by atoms with Gasteiger partial charge in [0.05, 0.1) is 38.0 Å². The fourth-order valence-electron chi connectivity index (χ4n) is 3.63. The summed E-state index contributed by atoms with van der Waals surface area (Å²) in [6.07, 6.45) is 1.72. The van der Waals surface area contributed by atoms with Gasteiger partial charge in [-0.2, -0.15) is 0 Å². The average molecular weight is 420 g/mol. The fourth-order valence-corrected chi connectivity index (χ4v) is 4.00. The molecule has 5 nitrogen and oxygen atoms in total. The minimum absolute atomic E-state index is 0.367. The molecule has 1 aliphatic rings.